The number of amides is 2. The van der Waals surface area contributed by atoms with Gasteiger partial charge in [-0.05, 0) is 45.0 Å². The van der Waals surface area contributed by atoms with Crippen molar-refractivity contribution in [3.05, 3.63) is 24.3 Å². The molecule has 0 spiro atoms. The topological polar surface area (TPSA) is 48.1 Å². The maximum Gasteiger partial charge on any atom is 0.322 e. The van der Waals surface area contributed by atoms with Gasteiger partial charge in [0.15, 0.2) is 0 Å². The van der Waals surface area contributed by atoms with Crippen LogP contribution in [0.4, 0.5) is 16.2 Å². The van der Waals surface area contributed by atoms with E-state index >= 15 is 0 Å². The molecule has 1 aromatic carbocycles. The lowest BCUT2D eigenvalue weighted by molar-refractivity contribution is 0.143. The Morgan fingerprint density at radius 1 is 1.40 bits per heavy atom. The highest BCUT2D eigenvalue weighted by atomic mass is 16.5. The van der Waals surface area contributed by atoms with Crippen LogP contribution in [0.25, 0.3) is 0 Å². The molecule has 0 saturated carbocycles. The van der Waals surface area contributed by atoms with Crippen LogP contribution in [0.15, 0.2) is 24.3 Å². The van der Waals surface area contributed by atoms with Crippen molar-refractivity contribution >= 4 is 17.4 Å². The first-order chi connectivity index (χ1) is 12.0. The van der Waals surface area contributed by atoms with Crippen LogP contribution in [0, 0.1) is 0 Å². The standard InChI is InChI=1S/C19H32N4O2/c1-5-22(3)17-9-6-8-16(14-17)20-19(24)23-11-7-10-18(23)15-21(2)12-13-25-4/h6,8-9,14,18H,5,7,10-13,15H2,1-4H3,(H,20,24). The number of urea groups is 1. The van der Waals surface area contributed by atoms with Crippen molar-refractivity contribution in [1.29, 1.82) is 0 Å². The van der Waals surface area contributed by atoms with Crippen LogP contribution < -0.4 is 10.2 Å². The van der Waals surface area contributed by atoms with Crippen LogP contribution >= 0.6 is 0 Å². The molecule has 2 rings (SSSR count). The predicted molar refractivity (Wildman–Crippen MR) is 104 cm³/mol. The Labute approximate surface area is 151 Å². The average molecular weight is 348 g/mol. The first-order valence-electron chi connectivity index (χ1n) is 9.11. The Hall–Kier alpha value is -1.79. The number of methoxy groups -OCH3 is 1. The third-order valence-electron chi connectivity index (χ3n) is 4.85. The van der Waals surface area contributed by atoms with Gasteiger partial charge >= 0.3 is 6.03 Å². The van der Waals surface area contributed by atoms with E-state index in [-0.39, 0.29) is 12.1 Å². The van der Waals surface area contributed by atoms with Gasteiger partial charge in [0.2, 0.25) is 0 Å². The summed E-state index contributed by atoms with van der Waals surface area (Å²) < 4.78 is 5.13. The van der Waals surface area contributed by atoms with E-state index in [0.29, 0.717) is 6.61 Å². The molecule has 1 heterocycles. The molecule has 1 unspecified atom stereocenters. The highest BCUT2D eigenvalue weighted by Crippen LogP contribution is 2.22. The van der Waals surface area contributed by atoms with E-state index in [9.17, 15) is 4.79 Å². The van der Waals surface area contributed by atoms with E-state index < -0.39 is 0 Å². The van der Waals surface area contributed by atoms with Crippen LogP contribution in [-0.2, 0) is 4.74 Å². The van der Waals surface area contributed by atoms with Crippen molar-refractivity contribution in [2.45, 2.75) is 25.8 Å². The summed E-state index contributed by atoms with van der Waals surface area (Å²) in [5.74, 6) is 0. The van der Waals surface area contributed by atoms with Crippen LogP contribution in [0.2, 0.25) is 0 Å². The maximum atomic E-state index is 12.7. The molecule has 0 radical (unpaired) electrons. The lowest BCUT2D eigenvalue weighted by Crippen LogP contribution is -2.44. The van der Waals surface area contributed by atoms with E-state index in [2.05, 4.69) is 35.2 Å². The van der Waals surface area contributed by atoms with Crippen LogP contribution in [0.1, 0.15) is 19.8 Å². The van der Waals surface area contributed by atoms with E-state index in [0.717, 1.165) is 50.4 Å². The van der Waals surface area contributed by atoms with E-state index in [1.165, 1.54) is 0 Å². The first kappa shape index (κ1) is 19.5. The SMILES string of the molecule is CCN(C)c1cccc(NC(=O)N2CCCC2CN(C)CCOC)c1. The fourth-order valence-electron chi connectivity index (χ4n) is 3.19. The molecule has 1 fully saturated rings. The van der Waals surface area contributed by atoms with Gasteiger partial charge in [0.1, 0.15) is 0 Å². The summed E-state index contributed by atoms with van der Waals surface area (Å²) in [4.78, 5) is 19.1. The number of carbonyl (C=O) groups is 1. The summed E-state index contributed by atoms with van der Waals surface area (Å²) in [6.45, 7) is 6.35. The van der Waals surface area contributed by atoms with Gasteiger partial charge in [-0.25, -0.2) is 4.79 Å². The number of hydrogen-bond donors (Lipinski definition) is 1. The third kappa shape index (κ3) is 5.61. The van der Waals surface area contributed by atoms with Crippen molar-refractivity contribution in [3.8, 4) is 0 Å². The number of rotatable bonds is 8. The molecule has 2 amide bonds. The molecule has 1 aliphatic heterocycles. The maximum absolute atomic E-state index is 12.7. The number of anilines is 2. The van der Waals surface area contributed by atoms with Gasteiger partial charge < -0.3 is 24.8 Å². The van der Waals surface area contributed by atoms with E-state index in [1.807, 2.05) is 30.1 Å². The first-order valence-corrected chi connectivity index (χ1v) is 9.11. The van der Waals surface area contributed by atoms with E-state index in [1.54, 1.807) is 7.11 Å². The zero-order valence-electron chi connectivity index (χ0n) is 16.0. The predicted octanol–water partition coefficient (Wildman–Crippen LogP) is 2.72. The van der Waals surface area contributed by atoms with Crippen LogP contribution in [0.5, 0.6) is 0 Å². The van der Waals surface area contributed by atoms with Gasteiger partial charge in [-0.2, -0.15) is 0 Å². The lowest BCUT2D eigenvalue weighted by atomic mass is 10.2. The lowest BCUT2D eigenvalue weighted by Gasteiger charge is -2.29. The van der Waals surface area contributed by atoms with E-state index in [4.69, 9.17) is 4.74 Å². The molecule has 1 saturated heterocycles. The van der Waals surface area contributed by atoms with Gasteiger partial charge in [-0.3, -0.25) is 0 Å². The highest BCUT2D eigenvalue weighted by Gasteiger charge is 2.29. The minimum Gasteiger partial charge on any atom is -0.383 e. The number of likely N-dealkylation sites (tertiary alicyclic amines) is 1. The van der Waals surface area contributed by atoms with Crippen molar-refractivity contribution in [1.82, 2.24) is 9.80 Å². The zero-order chi connectivity index (χ0) is 18.2. The van der Waals surface area contributed by atoms with Crippen molar-refractivity contribution < 1.29 is 9.53 Å². The fourth-order valence-corrected chi connectivity index (χ4v) is 3.19. The minimum absolute atomic E-state index is 0.000979. The molecule has 0 bridgehead atoms. The van der Waals surface area contributed by atoms with Gasteiger partial charge in [-0.15, -0.1) is 0 Å². The zero-order valence-corrected chi connectivity index (χ0v) is 16.0. The fraction of sp³-hybridized carbons (Fsp3) is 0.632. The number of carbonyl (C=O) groups excluding carboxylic acids is 1. The number of hydrogen-bond acceptors (Lipinski definition) is 4. The monoisotopic (exact) mass is 348 g/mol. The number of nitrogens with one attached hydrogen (secondary N) is 1. The van der Waals surface area contributed by atoms with Gasteiger partial charge in [0, 0.05) is 57.8 Å². The van der Waals surface area contributed by atoms with Crippen LogP contribution in [-0.4, -0.2) is 75.9 Å². The van der Waals surface area contributed by atoms with Crippen molar-refractivity contribution in [2.24, 2.45) is 0 Å². The highest BCUT2D eigenvalue weighted by molar-refractivity contribution is 5.90. The average Bonchev–Trinajstić information content (AvgIpc) is 3.07. The second-order valence-corrected chi connectivity index (χ2v) is 6.74. The Bertz CT molecular complexity index is 552. The molecule has 6 nitrogen and oxygen atoms in total. The summed E-state index contributed by atoms with van der Waals surface area (Å²) >= 11 is 0. The summed E-state index contributed by atoms with van der Waals surface area (Å²) in [5, 5.41) is 3.07. The number of likely N-dealkylation sites (N-methyl/N-ethyl adjacent to an activating group) is 1. The molecular weight excluding hydrogens is 316 g/mol. The molecular formula is C19H32N4O2. The molecule has 1 aliphatic rings. The molecule has 6 heteroatoms. The van der Waals surface area contributed by atoms with Crippen molar-refractivity contribution in [3.63, 3.8) is 0 Å². The normalized spacial score (nSPS) is 17.2. The summed E-state index contributed by atoms with van der Waals surface area (Å²) in [6.07, 6.45) is 2.12. The molecule has 1 N–H and O–H groups in total. The Morgan fingerprint density at radius 2 is 2.20 bits per heavy atom. The third-order valence-corrected chi connectivity index (χ3v) is 4.85. The Morgan fingerprint density at radius 3 is 2.92 bits per heavy atom. The molecule has 0 aliphatic carbocycles. The number of ether oxygens (including phenoxy) is 1. The second kappa shape index (κ2) is 9.63. The Balaban J connectivity index is 1.95. The Kier molecular flexibility index (Phi) is 7.52. The summed E-state index contributed by atoms with van der Waals surface area (Å²) in [7, 11) is 5.85. The minimum atomic E-state index is -0.000979. The summed E-state index contributed by atoms with van der Waals surface area (Å²) in [6, 6.07) is 8.28. The largest absolute Gasteiger partial charge is 0.383 e. The smallest absolute Gasteiger partial charge is 0.322 e. The second-order valence-electron chi connectivity index (χ2n) is 6.74. The van der Waals surface area contributed by atoms with Gasteiger partial charge in [0.05, 0.1) is 6.61 Å². The molecule has 140 valence electrons. The van der Waals surface area contributed by atoms with Gasteiger partial charge in [0.25, 0.3) is 0 Å². The van der Waals surface area contributed by atoms with Gasteiger partial charge in [-0.1, -0.05) is 6.07 Å². The number of nitrogens with zero attached hydrogens (tertiary/aromatic N) is 3. The molecule has 1 atom stereocenters. The van der Waals surface area contributed by atoms with Crippen LogP contribution in [0.3, 0.4) is 0 Å². The molecule has 25 heavy (non-hydrogen) atoms. The van der Waals surface area contributed by atoms with Crippen molar-refractivity contribution in [2.75, 3.05) is 64.2 Å². The molecule has 1 aromatic rings. The quantitative estimate of drug-likeness (QED) is 0.785. The molecule has 0 aromatic heterocycles. The summed E-state index contributed by atoms with van der Waals surface area (Å²) in [5.41, 5.74) is 1.96. The number of benzene rings is 1.